The Kier molecular flexibility index (Phi) is 9.39. The van der Waals surface area contributed by atoms with Gasteiger partial charge >= 0.3 is 0 Å². The number of nitrogens with one attached hydrogen (secondary N) is 1. The molecule has 180 valence electrons. The van der Waals surface area contributed by atoms with E-state index in [1.807, 2.05) is 67.6 Å². The van der Waals surface area contributed by atoms with Gasteiger partial charge in [-0.3, -0.25) is 0 Å². The molecule has 0 amide bonds. The first-order chi connectivity index (χ1) is 16.3. The summed E-state index contributed by atoms with van der Waals surface area (Å²) in [5.41, 5.74) is 3.59. The molecular formula is C27H32N2O4S. The molecule has 3 aromatic rings. The molecule has 6 nitrogen and oxygen atoms in total. The highest BCUT2D eigenvalue weighted by molar-refractivity contribution is 7.89. The second-order valence-electron chi connectivity index (χ2n) is 8.35. The van der Waals surface area contributed by atoms with Gasteiger partial charge in [0.1, 0.15) is 6.61 Å². The number of hydrogen-bond acceptors (Lipinski definition) is 5. The van der Waals surface area contributed by atoms with Gasteiger partial charge in [0.15, 0.2) is 0 Å². The molecule has 3 aromatic carbocycles. The average molecular weight is 481 g/mol. The largest absolute Gasteiger partial charge is 0.392 e. The number of aliphatic hydroxyl groups excluding tert-OH is 1. The maximum absolute atomic E-state index is 12.8. The quantitative estimate of drug-likeness (QED) is 0.296. The van der Waals surface area contributed by atoms with Gasteiger partial charge in [-0.05, 0) is 49.9 Å². The number of benzene rings is 3. The lowest BCUT2D eigenvalue weighted by Gasteiger charge is -2.23. The van der Waals surface area contributed by atoms with Gasteiger partial charge in [0.05, 0.1) is 16.7 Å². The van der Waals surface area contributed by atoms with Crippen molar-refractivity contribution in [2.45, 2.75) is 44.3 Å². The van der Waals surface area contributed by atoms with Crippen molar-refractivity contribution in [3.8, 4) is 0 Å². The SMILES string of the molecule is C/C(=N/OCc1ccccc1)[C@H](CNS(=O)(=O)c1ccc(C)cc1)[C@H](O)CCc1ccccc1. The van der Waals surface area contributed by atoms with Crippen LogP contribution >= 0.6 is 0 Å². The van der Waals surface area contributed by atoms with E-state index in [0.717, 1.165) is 16.7 Å². The summed E-state index contributed by atoms with van der Waals surface area (Å²) in [6.45, 7) is 3.95. The molecule has 0 saturated carbocycles. The Labute approximate surface area is 202 Å². The first-order valence-corrected chi connectivity index (χ1v) is 12.8. The molecule has 0 unspecified atom stereocenters. The molecule has 3 rings (SSSR count). The number of hydrogen-bond donors (Lipinski definition) is 2. The van der Waals surface area contributed by atoms with E-state index in [-0.39, 0.29) is 11.4 Å². The van der Waals surface area contributed by atoms with Gasteiger partial charge in [0.2, 0.25) is 10.0 Å². The highest BCUT2D eigenvalue weighted by Crippen LogP contribution is 2.16. The summed E-state index contributed by atoms with van der Waals surface area (Å²) >= 11 is 0. The molecule has 0 fully saturated rings. The third-order valence-electron chi connectivity index (χ3n) is 5.68. The van der Waals surface area contributed by atoms with Crippen molar-refractivity contribution >= 4 is 15.7 Å². The van der Waals surface area contributed by atoms with E-state index in [4.69, 9.17) is 4.84 Å². The number of aliphatic hydroxyl groups is 1. The van der Waals surface area contributed by atoms with E-state index < -0.39 is 22.0 Å². The van der Waals surface area contributed by atoms with Crippen LogP contribution < -0.4 is 4.72 Å². The zero-order valence-corrected chi connectivity index (χ0v) is 20.4. The molecule has 0 heterocycles. The normalized spacial score (nSPS) is 13.9. The first-order valence-electron chi connectivity index (χ1n) is 11.3. The van der Waals surface area contributed by atoms with Crippen LogP contribution in [-0.2, 0) is 27.9 Å². The molecule has 0 radical (unpaired) electrons. The predicted molar refractivity (Wildman–Crippen MR) is 135 cm³/mol. The maximum atomic E-state index is 12.8. The van der Waals surface area contributed by atoms with Crippen LogP contribution in [0, 0.1) is 12.8 Å². The highest BCUT2D eigenvalue weighted by Gasteiger charge is 2.25. The monoisotopic (exact) mass is 480 g/mol. The Balaban J connectivity index is 1.70. The molecule has 2 N–H and O–H groups in total. The number of rotatable bonds is 12. The Morgan fingerprint density at radius 3 is 2.15 bits per heavy atom. The molecule has 0 bridgehead atoms. The average Bonchev–Trinajstić information content (AvgIpc) is 2.84. The lowest BCUT2D eigenvalue weighted by Crippen LogP contribution is -2.39. The first kappa shape index (κ1) is 25.6. The smallest absolute Gasteiger partial charge is 0.240 e. The van der Waals surface area contributed by atoms with Crippen LogP contribution in [0.3, 0.4) is 0 Å². The number of aryl methyl sites for hydroxylation is 2. The molecule has 34 heavy (non-hydrogen) atoms. The molecule has 0 aromatic heterocycles. The van der Waals surface area contributed by atoms with Gasteiger partial charge in [0.25, 0.3) is 0 Å². The van der Waals surface area contributed by atoms with Crippen LogP contribution in [0.2, 0.25) is 0 Å². The van der Waals surface area contributed by atoms with Gasteiger partial charge in [-0.1, -0.05) is 83.5 Å². The second kappa shape index (κ2) is 12.5. The summed E-state index contributed by atoms with van der Waals surface area (Å²) in [7, 11) is -3.73. The predicted octanol–water partition coefficient (Wildman–Crippen LogP) is 4.48. The third kappa shape index (κ3) is 7.80. The summed E-state index contributed by atoms with van der Waals surface area (Å²) in [5.74, 6) is -0.542. The van der Waals surface area contributed by atoms with Crippen molar-refractivity contribution in [2.75, 3.05) is 6.54 Å². The molecule has 7 heteroatoms. The summed E-state index contributed by atoms with van der Waals surface area (Å²) in [6.07, 6.45) is 0.332. The van der Waals surface area contributed by atoms with Crippen LogP contribution in [0.1, 0.15) is 30.0 Å². The van der Waals surface area contributed by atoms with Gasteiger partial charge in [-0.2, -0.15) is 0 Å². The van der Waals surface area contributed by atoms with Crippen molar-refractivity contribution < 1.29 is 18.4 Å². The van der Waals surface area contributed by atoms with Gasteiger partial charge in [0, 0.05) is 12.5 Å². The Morgan fingerprint density at radius 2 is 1.53 bits per heavy atom. The fraction of sp³-hybridized carbons (Fsp3) is 0.296. The summed E-state index contributed by atoms with van der Waals surface area (Å²) in [4.78, 5) is 5.69. The van der Waals surface area contributed by atoms with Gasteiger partial charge in [-0.15, -0.1) is 0 Å². The van der Waals surface area contributed by atoms with E-state index in [9.17, 15) is 13.5 Å². The lowest BCUT2D eigenvalue weighted by molar-refractivity contribution is 0.111. The molecule has 0 aliphatic carbocycles. The van der Waals surface area contributed by atoms with Crippen molar-refractivity contribution in [1.29, 1.82) is 0 Å². The summed E-state index contributed by atoms with van der Waals surface area (Å²) in [6, 6.07) is 26.2. The van der Waals surface area contributed by atoms with Crippen LogP contribution in [0.5, 0.6) is 0 Å². The molecule has 0 aliphatic heterocycles. The molecule has 0 aliphatic rings. The molecule has 2 atom stereocenters. The van der Waals surface area contributed by atoms with E-state index >= 15 is 0 Å². The van der Waals surface area contributed by atoms with Crippen LogP contribution in [0.15, 0.2) is 95.0 Å². The second-order valence-corrected chi connectivity index (χ2v) is 10.1. The van der Waals surface area contributed by atoms with Crippen LogP contribution in [0.25, 0.3) is 0 Å². The fourth-order valence-corrected chi connectivity index (χ4v) is 4.63. The zero-order valence-electron chi connectivity index (χ0n) is 19.6. The number of nitrogens with zero attached hydrogens (tertiary/aromatic N) is 1. The number of oxime groups is 1. The molecule has 0 saturated heterocycles. The van der Waals surface area contributed by atoms with Crippen molar-refractivity contribution in [3.63, 3.8) is 0 Å². The minimum Gasteiger partial charge on any atom is -0.392 e. The lowest BCUT2D eigenvalue weighted by atomic mass is 9.93. The standard InChI is InChI=1S/C27H32N2O4S/c1-21-13-16-25(17-14-21)34(31,32)28-19-26(27(30)18-15-23-9-5-3-6-10-23)22(2)29-33-20-24-11-7-4-8-12-24/h3-14,16-17,26-28,30H,15,18-20H2,1-2H3/b29-22-/t26-,27+/m0/s1. The minimum absolute atomic E-state index is 0.0101. The zero-order chi connectivity index (χ0) is 24.4. The molecular weight excluding hydrogens is 448 g/mol. The Bertz CT molecular complexity index is 1150. The topological polar surface area (TPSA) is 88.0 Å². The van der Waals surface area contributed by atoms with Crippen molar-refractivity contribution in [2.24, 2.45) is 11.1 Å². The summed E-state index contributed by atoms with van der Waals surface area (Å²) in [5, 5.41) is 15.2. The van der Waals surface area contributed by atoms with Gasteiger partial charge < -0.3 is 9.94 Å². The van der Waals surface area contributed by atoms with E-state index in [1.54, 1.807) is 31.2 Å². The highest BCUT2D eigenvalue weighted by atomic mass is 32.2. The summed E-state index contributed by atoms with van der Waals surface area (Å²) < 4.78 is 28.3. The van der Waals surface area contributed by atoms with E-state index in [2.05, 4.69) is 9.88 Å². The van der Waals surface area contributed by atoms with E-state index in [1.165, 1.54) is 0 Å². The number of sulfonamides is 1. The Morgan fingerprint density at radius 1 is 0.941 bits per heavy atom. The maximum Gasteiger partial charge on any atom is 0.240 e. The third-order valence-corrected chi connectivity index (χ3v) is 7.12. The fourth-order valence-electron chi connectivity index (χ4n) is 3.57. The van der Waals surface area contributed by atoms with Gasteiger partial charge in [-0.25, -0.2) is 13.1 Å². The molecule has 0 spiro atoms. The van der Waals surface area contributed by atoms with Crippen LogP contribution in [-0.4, -0.2) is 31.9 Å². The minimum atomic E-state index is -3.73. The van der Waals surface area contributed by atoms with E-state index in [0.29, 0.717) is 25.2 Å². The van der Waals surface area contributed by atoms with Crippen LogP contribution in [0.4, 0.5) is 0 Å². The van der Waals surface area contributed by atoms with Crippen molar-refractivity contribution in [3.05, 3.63) is 102 Å². The van der Waals surface area contributed by atoms with Crippen molar-refractivity contribution in [1.82, 2.24) is 4.72 Å². The Hall–Kier alpha value is -3.00.